The number of methoxy groups -OCH3 is 1. The molecule has 4 nitrogen and oxygen atoms in total. The van der Waals surface area contributed by atoms with Gasteiger partial charge >= 0.3 is 6.36 Å². The fourth-order valence-corrected chi connectivity index (χ4v) is 1.97. The Labute approximate surface area is 137 Å². The molecule has 0 aliphatic carbocycles. The van der Waals surface area contributed by atoms with Crippen LogP contribution >= 0.6 is 12.4 Å². The molecule has 0 heterocycles. The van der Waals surface area contributed by atoms with Crippen molar-refractivity contribution >= 4 is 12.4 Å². The molecule has 0 saturated carbocycles. The van der Waals surface area contributed by atoms with Crippen molar-refractivity contribution in [3.8, 4) is 17.2 Å². The molecule has 0 radical (unpaired) electrons. The molecule has 0 aliphatic rings. The number of hydrogen-bond acceptors (Lipinski definition) is 4. The largest absolute Gasteiger partial charge is 0.573 e. The maximum absolute atomic E-state index is 12.1. The number of benzene rings is 2. The Morgan fingerprint density at radius 2 is 1.61 bits per heavy atom. The second kappa shape index (κ2) is 7.43. The molecule has 0 spiro atoms. The molecule has 0 aliphatic heterocycles. The van der Waals surface area contributed by atoms with Gasteiger partial charge in [0.05, 0.1) is 13.2 Å². The molecular weight excluding hydrogens is 335 g/mol. The standard InChI is InChI=1S/C15H14F3NO3.ClH/c1-21-13-7-4-10(8-12(13)20)14(19)9-2-5-11(6-3-9)22-15(16,17)18;/h2-8,14,20H,19H2,1H3;1H/t14-;/m0./s1. The lowest BCUT2D eigenvalue weighted by Crippen LogP contribution is -2.17. The van der Waals surface area contributed by atoms with Crippen LogP contribution in [0.4, 0.5) is 13.2 Å². The highest BCUT2D eigenvalue weighted by Gasteiger charge is 2.31. The molecule has 0 saturated heterocycles. The first-order chi connectivity index (χ1) is 10.3. The highest BCUT2D eigenvalue weighted by Crippen LogP contribution is 2.31. The van der Waals surface area contributed by atoms with E-state index in [1.54, 1.807) is 12.1 Å². The quantitative estimate of drug-likeness (QED) is 0.882. The van der Waals surface area contributed by atoms with Crippen LogP contribution in [-0.4, -0.2) is 18.6 Å². The van der Waals surface area contributed by atoms with Gasteiger partial charge in [-0.15, -0.1) is 25.6 Å². The summed E-state index contributed by atoms with van der Waals surface area (Å²) in [7, 11) is 1.42. The van der Waals surface area contributed by atoms with Gasteiger partial charge in [0.1, 0.15) is 5.75 Å². The highest BCUT2D eigenvalue weighted by atomic mass is 35.5. The summed E-state index contributed by atoms with van der Waals surface area (Å²) in [6.07, 6.45) is -4.73. The van der Waals surface area contributed by atoms with E-state index >= 15 is 0 Å². The molecule has 23 heavy (non-hydrogen) atoms. The number of aromatic hydroxyl groups is 1. The van der Waals surface area contributed by atoms with E-state index in [0.717, 1.165) is 0 Å². The third kappa shape index (κ3) is 4.94. The molecule has 0 bridgehead atoms. The molecule has 2 aromatic rings. The number of rotatable bonds is 4. The van der Waals surface area contributed by atoms with E-state index in [-0.39, 0.29) is 23.9 Å². The lowest BCUT2D eigenvalue weighted by Gasteiger charge is -2.15. The van der Waals surface area contributed by atoms with Crippen LogP contribution in [0.2, 0.25) is 0 Å². The van der Waals surface area contributed by atoms with E-state index in [2.05, 4.69) is 4.74 Å². The minimum atomic E-state index is -4.73. The van der Waals surface area contributed by atoms with Crippen LogP contribution in [-0.2, 0) is 0 Å². The lowest BCUT2D eigenvalue weighted by atomic mass is 9.99. The summed E-state index contributed by atoms with van der Waals surface area (Å²) >= 11 is 0. The van der Waals surface area contributed by atoms with Crippen LogP contribution in [0.15, 0.2) is 42.5 Å². The van der Waals surface area contributed by atoms with E-state index < -0.39 is 12.4 Å². The molecule has 1 atom stereocenters. The van der Waals surface area contributed by atoms with Gasteiger partial charge in [0.15, 0.2) is 11.5 Å². The minimum absolute atomic E-state index is 0. The van der Waals surface area contributed by atoms with Crippen molar-refractivity contribution in [2.75, 3.05) is 7.11 Å². The van der Waals surface area contributed by atoms with Crippen molar-refractivity contribution in [2.24, 2.45) is 5.73 Å². The van der Waals surface area contributed by atoms with Crippen LogP contribution < -0.4 is 15.2 Å². The Morgan fingerprint density at radius 1 is 1.04 bits per heavy atom. The molecule has 2 aromatic carbocycles. The number of phenolic OH excluding ortho intramolecular Hbond substituents is 1. The molecule has 126 valence electrons. The van der Waals surface area contributed by atoms with E-state index in [4.69, 9.17) is 10.5 Å². The summed E-state index contributed by atoms with van der Waals surface area (Å²) in [6.45, 7) is 0. The lowest BCUT2D eigenvalue weighted by molar-refractivity contribution is -0.274. The van der Waals surface area contributed by atoms with E-state index in [9.17, 15) is 18.3 Å². The van der Waals surface area contributed by atoms with Crippen LogP contribution in [0.5, 0.6) is 17.2 Å². The Balaban J connectivity index is 0.00000264. The molecule has 0 unspecified atom stereocenters. The van der Waals surface area contributed by atoms with Gasteiger partial charge in [-0.05, 0) is 35.4 Å². The number of hydrogen-bond donors (Lipinski definition) is 2. The van der Waals surface area contributed by atoms with Crippen molar-refractivity contribution < 1.29 is 27.8 Å². The maximum atomic E-state index is 12.1. The van der Waals surface area contributed by atoms with Gasteiger partial charge in [0.2, 0.25) is 0 Å². The predicted octanol–water partition coefficient (Wildman–Crippen LogP) is 3.77. The average molecular weight is 350 g/mol. The molecule has 0 amide bonds. The fourth-order valence-electron chi connectivity index (χ4n) is 1.97. The SMILES string of the molecule is COc1ccc([C@@H](N)c2ccc(OC(F)(F)F)cc2)cc1O.Cl. The third-order valence-corrected chi connectivity index (χ3v) is 3.03. The summed E-state index contributed by atoms with van der Waals surface area (Å²) in [4.78, 5) is 0. The van der Waals surface area contributed by atoms with Gasteiger partial charge < -0.3 is 20.3 Å². The summed E-state index contributed by atoms with van der Waals surface area (Å²) in [5.74, 6) is -0.0709. The van der Waals surface area contributed by atoms with Crippen molar-refractivity contribution in [1.29, 1.82) is 0 Å². The zero-order valence-electron chi connectivity index (χ0n) is 12.0. The Hall–Kier alpha value is -2.12. The number of ether oxygens (including phenoxy) is 2. The number of halogens is 4. The van der Waals surface area contributed by atoms with E-state index in [0.29, 0.717) is 16.9 Å². The minimum Gasteiger partial charge on any atom is -0.504 e. The van der Waals surface area contributed by atoms with E-state index in [1.165, 1.54) is 37.4 Å². The van der Waals surface area contributed by atoms with Crippen LogP contribution in [0.3, 0.4) is 0 Å². The first-order valence-corrected chi connectivity index (χ1v) is 6.28. The second-order valence-corrected chi connectivity index (χ2v) is 4.53. The van der Waals surface area contributed by atoms with Gasteiger partial charge in [0.25, 0.3) is 0 Å². The zero-order valence-corrected chi connectivity index (χ0v) is 12.8. The molecule has 3 N–H and O–H groups in total. The zero-order chi connectivity index (χ0) is 16.3. The van der Waals surface area contributed by atoms with Gasteiger partial charge in [-0.2, -0.15) is 0 Å². The highest BCUT2D eigenvalue weighted by molar-refractivity contribution is 5.85. The van der Waals surface area contributed by atoms with Crippen LogP contribution in [0.1, 0.15) is 17.2 Å². The number of nitrogens with two attached hydrogens (primary N) is 1. The van der Waals surface area contributed by atoms with Crippen molar-refractivity contribution in [3.05, 3.63) is 53.6 Å². The molecular formula is C15H15ClF3NO3. The monoisotopic (exact) mass is 349 g/mol. The predicted molar refractivity (Wildman–Crippen MR) is 81.1 cm³/mol. The van der Waals surface area contributed by atoms with Gasteiger partial charge in [-0.3, -0.25) is 0 Å². The first-order valence-electron chi connectivity index (χ1n) is 6.28. The third-order valence-electron chi connectivity index (χ3n) is 3.03. The molecule has 0 aromatic heterocycles. The summed E-state index contributed by atoms with van der Waals surface area (Å²) < 4.78 is 45.0. The smallest absolute Gasteiger partial charge is 0.504 e. The topological polar surface area (TPSA) is 64.7 Å². The molecule has 2 rings (SSSR count). The normalized spacial score (nSPS) is 12.2. The second-order valence-electron chi connectivity index (χ2n) is 4.53. The Kier molecular flexibility index (Phi) is 6.12. The van der Waals surface area contributed by atoms with E-state index in [1.807, 2.05) is 0 Å². The number of phenols is 1. The van der Waals surface area contributed by atoms with Crippen molar-refractivity contribution in [2.45, 2.75) is 12.4 Å². The molecule has 0 fully saturated rings. The first kappa shape index (κ1) is 18.9. The fraction of sp³-hybridized carbons (Fsp3) is 0.200. The Morgan fingerprint density at radius 3 is 2.09 bits per heavy atom. The van der Waals surface area contributed by atoms with Crippen molar-refractivity contribution in [1.82, 2.24) is 0 Å². The van der Waals surface area contributed by atoms with Crippen LogP contribution in [0, 0.1) is 0 Å². The summed E-state index contributed by atoms with van der Waals surface area (Å²) in [5, 5.41) is 9.73. The molecule has 8 heteroatoms. The summed E-state index contributed by atoms with van der Waals surface area (Å²) in [6, 6.07) is 9.33. The van der Waals surface area contributed by atoms with Gasteiger partial charge in [-0.25, -0.2) is 0 Å². The average Bonchev–Trinajstić information content (AvgIpc) is 2.45. The van der Waals surface area contributed by atoms with Gasteiger partial charge in [-0.1, -0.05) is 18.2 Å². The maximum Gasteiger partial charge on any atom is 0.573 e. The van der Waals surface area contributed by atoms with Crippen LogP contribution in [0.25, 0.3) is 0 Å². The number of alkyl halides is 3. The van der Waals surface area contributed by atoms with Gasteiger partial charge in [0, 0.05) is 0 Å². The van der Waals surface area contributed by atoms with Crippen molar-refractivity contribution in [3.63, 3.8) is 0 Å². The Bertz CT molecular complexity index is 647. The summed E-state index contributed by atoms with van der Waals surface area (Å²) in [5.41, 5.74) is 7.22.